The summed E-state index contributed by atoms with van der Waals surface area (Å²) in [5, 5.41) is 4.82. The zero-order chi connectivity index (χ0) is 32.5. The highest BCUT2D eigenvalue weighted by molar-refractivity contribution is 9.10. The van der Waals surface area contributed by atoms with Gasteiger partial charge in [0.05, 0.1) is 23.0 Å². The average molecular weight is 704 g/mol. The maximum atomic E-state index is 12.1. The normalized spacial score (nSPS) is 12.1. The molecule has 0 fully saturated rings. The molecule has 1 atom stereocenters. The van der Waals surface area contributed by atoms with Crippen molar-refractivity contribution in [1.82, 2.24) is 10.6 Å². The number of hydrogen-bond acceptors (Lipinski definition) is 6. The SMILES string of the molecule is C.C=C(C)C(=O)OCC.CC(C)(Br)C(=O)NCC[Si](C)(C)C.CCOC(=O)C(Cl)C(C)(C)C(=O)NCC[Si](C)(C)C. The van der Waals surface area contributed by atoms with Crippen molar-refractivity contribution < 1.29 is 28.7 Å². The molecule has 1 unspecified atom stereocenters. The molecule has 0 bridgehead atoms. The number of ether oxygens (including phenoxy) is 2. The highest BCUT2D eigenvalue weighted by Gasteiger charge is 2.41. The smallest absolute Gasteiger partial charge is 0.333 e. The maximum absolute atomic E-state index is 12.1. The molecule has 0 aromatic carbocycles. The summed E-state index contributed by atoms with van der Waals surface area (Å²) in [6.45, 7) is 31.3. The van der Waals surface area contributed by atoms with Gasteiger partial charge < -0.3 is 20.1 Å². The Labute approximate surface area is 266 Å². The van der Waals surface area contributed by atoms with E-state index in [1.54, 1.807) is 34.6 Å². The van der Waals surface area contributed by atoms with Crippen LogP contribution in [0.5, 0.6) is 0 Å². The van der Waals surface area contributed by atoms with Crippen LogP contribution in [0.25, 0.3) is 0 Å². The Kier molecular flexibility index (Phi) is 24.5. The van der Waals surface area contributed by atoms with E-state index in [2.05, 4.69) is 77.2 Å². The zero-order valence-electron chi connectivity index (χ0n) is 27.2. The lowest BCUT2D eigenvalue weighted by Crippen LogP contribution is -2.47. The number of carbonyl (C=O) groups excluding carboxylic acids is 4. The van der Waals surface area contributed by atoms with Crippen LogP contribution in [0, 0.1) is 5.41 Å². The topological polar surface area (TPSA) is 111 Å². The van der Waals surface area contributed by atoms with Crippen molar-refractivity contribution in [1.29, 1.82) is 0 Å². The molecule has 41 heavy (non-hydrogen) atoms. The third-order valence-electron chi connectivity index (χ3n) is 5.20. The molecule has 0 spiro atoms. The Hall–Kier alpha value is -1.18. The Morgan fingerprint density at radius 3 is 1.46 bits per heavy atom. The van der Waals surface area contributed by atoms with Gasteiger partial charge in [-0.2, -0.15) is 0 Å². The minimum absolute atomic E-state index is 0. The molecular weight excluding hydrogens is 644 g/mol. The van der Waals surface area contributed by atoms with Crippen LogP contribution in [0.2, 0.25) is 51.4 Å². The lowest BCUT2D eigenvalue weighted by atomic mass is 9.87. The van der Waals surface area contributed by atoms with Gasteiger partial charge >= 0.3 is 11.9 Å². The Bertz CT molecular complexity index is 820. The van der Waals surface area contributed by atoms with E-state index in [1.165, 1.54) is 0 Å². The number of alkyl halides is 2. The Morgan fingerprint density at radius 1 is 0.829 bits per heavy atom. The van der Waals surface area contributed by atoms with E-state index in [0.717, 1.165) is 18.6 Å². The van der Waals surface area contributed by atoms with E-state index in [-0.39, 0.29) is 31.8 Å². The standard InChI is InChI=1S/C13H26ClNO3Si.C9H20BrNOSi.C6H10O2.CH4/c1-7-18-11(16)10(14)13(2,3)12(17)15-8-9-19(4,5)6;1-9(2,10)8(12)11-6-7-13(3,4)5;1-4-8-6(7)5(2)3;/h10H,7-9H2,1-6H3,(H,15,17);6-7H2,1-5H3,(H,11,12);2,4H2,1,3H3;1H4. The first-order valence-electron chi connectivity index (χ1n) is 13.7. The minimum Gasteiger partial charge on any atom is -0.465 e. The summed E-state index contributed by atoms with van der Waals surface area (Å²) in [4.78, 5) is 45.5. The number of esters is 2. The van der Waals surface area contributed by atoms with Crippen LogP contribution in [-0.2, 0) is 28.7 Å². The summed E-state index contributed by atoms with van der Waals surface area (Å²) in [6, 6.07) is 2.14. The van der Waals surface area contributed by atoms with Crippen molar-refractivity contribution in [3.05, 3.63) is 12.2 Å². The van der Waals surface area contributed by atoms with Gasteiger partial charge in [-0.15, -0.1) is 11.6 Å². The molecule has 0 saturated heterocycles. The summed E-state index contributed by atoms with van der Waals surface area (Å²) >= 11 is 9.36. The largest absolute Gasteiger partial charge is 0.465 e. The molecule has 2 N–H and O–H groups in total. The summed E-state index contributed by atoms with van der Waals surface area (Å²) < 4.78 is 8.98. The molecule has 2 amide bonds. The van der Waals surface area contributed by atoms with Gasteiger partial charge in [0.15, 0.2) is 0 Å². The van der Waals surface area contributed by atoms with Gasteiger partial charge in [0.2, 0.25) is 11.8 Å². The monoisotopic (exact) mass is 702 g/mol. The highest BCUT2D eigenvalue weighted by Crippen LogP contribution is 2.27. The van der Waals surface area contributed by atoms with Gasteiger partial charge in [-0.1, -0.05) is 69.2 Å². The van der Waals surface area contributed by atoms with Gasteiger partial charge in [0, 0.05) is 34.8 Å². The van der Waals surface area contributed by atoms with Gasteiger partial charge in [-0.25, -0.2) is 4.79 Å². The average Bonchev–Trinajstić information content (AvgIpc) is 2.77. The van der Waals surface area contributed by atoms with Crippen LogP contribution in [0.1, 0.15) is 55.9 Å². The second kappa shape index (κ2) is 21.5. The molecule has 8 nitrogen and oxygen atoms in total. The Morgan fingerprint density at radius 2 is 1.20 bits per heavy atom. The maximum Gasteiger partial charge on any atom is 0.333 e. The molecule has 244 valence electrons. The molecule has 0 radical (unpaired) electrons. The van der Waals surface area contributed by atoms with Crippen molar-refractivity contribution in [2.24, 2.45) is 5.41 Å². The van der Waals surface area contributed by atoms with Crippen molar-refractivity contribution in [3.8, 4) is 0 Å². The van der Waals surface area contributed by atoms with E-state index < -0.39 is 37.2 Å². The van der Waals surface area contributed by atoms with Crippen LogP contribution in [0.4, 0.5) is 0 Å². The summed E-state index contributed by atoms with van der Waals surface area (Å²) in [5.74, 6) is -0.994. The molecule has 0 aliphatic carbocycles. The van der Waals surface area contributed by atoms with Crippen LogP contribution >= 0.6 is 27.5 Å². The molecule has 0 aromatic rings. The minimum atomic E-state index is -1.18. The molecule has 0 aliphatic heterocycles. The summed E-state index contributed by atoms with van der Waals surface area (Å²) in [7, 11) is -2.20. The second-order valence-electron chi connectivity index (χ2n) is 12.9. The van der Waals surface area contributed by atoms with Crippen molar-refractivity contribution in [3.63, 3.8) is 0 Å². The van der Waals surface area contributed by atoms with Gasteiger partial charge in [-0.05, 0) is 60.6 Å². The van der Waals surface area contributed by atoms with E-state index in [1.807, 2.05) is 13.8 Å². The summed E-state index contributed by atoms with van der Waals surface area (Å²) in [5.41, 5.74) is -0.528. The zero-order valence-corrected chi connectivity index (χ0v) is 31.6. The first-order chi connectivity index (χ1) is 17.8. The molecule has 0 heterocycles. The molecule has 0 aromatic heterocycles. The van der Waals surface area contributed by atoms with Crippen LogP contribution in [0.3, 0.4) is 0 Å². The third kappa shape index (κ3) is 26.2. The van der Waals surface area contributed by atoms with E-state index >= 15 is 0 Å². The van der Waals surface area contributed by atoms with Gasteiger partial charge in [0.1, 0.15) is 5.38 Å². The molecule has 0 rings (SSSR count). The lowest BCUT2D eigenvalue weighted by Gasteiger charge is -2.27. The van der Waals surface area contributed by atoms with Crippen molar-refractivity contribution in [2.45, 2.75) is 117 Å². The fourth-order valence-corrected chi connectivity index (χ4v) is 4.47. The fraction of sp³-hybridized carbons (Fsp3) is 0.793. The first kappa shape index (κ1) is 46.8. The Balaban J connectivity index is -0.000000270. The molecule has 0 aliphatic rings. The third-order valence-corrected chi connectivity index (χ3v) is 9.78. The van der Waals surface area contributed by atoms with Crippen molar-refractivity contribution in [2.75, 3.05) is 26.3 Å². The van der Waals surface area contributed by atoms with E-state index in [4.69, 9.17) is 16.3 Å². The fourth-order valence-electron chi connectivity index (χ4n) is 2.42. The second-order valence-corrected chi connectivity index (χ2v) is 26.6. The van der Waals surface area contributed by atoms with Crippen molar-refractivity contribution >= 4 is 67.4 Å². The number of nitrogens with one attached hydrogen (secondary N) is 2. The number of rotatable bonds is 13. The predicted molar refractivity (Wildman–Crippen MR) is 184 cm³/mol. The molecule has 0 saturated carbocycles. The first-order valence-corrected chi connectivity index (χ1v) is 22.4. The van der Waals surface area contributed by atoms with Crippen LogP contribution in [-0.4, -0.2) is 75.9 Å². The van der Waals surface area contributed by atoms with E-state index in [0.29, 0.717) is 18.7 Å². The van der Waals surface area contributed by atoms with Gasteiger partial charge in [-0.3, -0.25) is 14.4 Å². The predicted octanol–water partition coefficient (Wildman–Crippen LogP) is 7.01. The van der Waals surface area contributed by atoms with E-state index in [9.17, 15) is 19.2 Å². The van der Waals surface area contributed by atoms with Gasteiger partial charge in [0.25, 0.3) is 0 Å². The number of halogens is 2. The number of carbonyl (C=O) groups is 4. The van der Waals surface area contributed by atoms with Crippen LogP contribution in [0.15, 0.2) is 12.2 Å². The molecular formula is C29H60BrClN2O6Si2. The number of hydrogen-bond donors (Lipinski definition) is 2. The van der Waals surface area contributed by atoms with Crippen LogP contribution < -0.4 is 10.6 Å². The summed E-state index contributed by atoms with van der Waals surface area (Å²) in [6.07, 6.45) is 0. The molecule has 12 heteroatoms. The lowest BCUT2D eigenvalue weighted by molar-refractivity contribution is -0.148. The number of amides is 2. The quantitative estimate of drug-likeness (QED) is 0.0924. The highest BCUT2D eigenvalue weighted by atomic mass is 79.9.